The van der Waals surface area contributed by atoms with E-state index in [1.54, 1.807) is 12.1 Å². The highest BCUT2D eigenvalue weighted by molar-refractivity contribution is 7.10. The van der Waals surface area contributed by atoms with Gasteiger partial charge in [-0.1, -0.05) is 0 Å². The Balaban J connectivity index is 2.04. The van der Waals surface area contributed by atoms with E-state index in [-0.39, 0.29) is 22.9 Å². The first-order valence-corrected chi connectivity index (χ1v) is 9.04. The van der Waals surface area contributed by atoms with E-state index in [1.165, 1.54) is 30.5 Å². The van der Waals surface area contributed by atoms with Crippen LogP contribution in [0.4, 0.5) is 0 Å². The highest BCUT2D eigenvalue weighted by Crippen LogP contribution is 2.17. The second kappa shape index (κ2) is 9.57. The lowest BCUT2D eigenvalue weighted by atomic mass is 10.2. The number of carbonyl (C=O) groups is 3. The van der Waals surface area contributed by atoms with Crippen molar-refractivity contribution in [3.05, 3.63) is 51.5 Å². The van der Waals surface area contributed by atoms with Crippen LogP contribution in [0.1, 0.15) is 28.0 Å². The molecule has 11 heteroatoms. The molecule has 1 aromatic heterocycles. The van der Waals surface area contributed by atoms with Gasteiger partial charge in [0.05, 0.1) is 6.61 Å². The number of aromatic nitrogens is 1. The molecule has 0 aliphatic carbocycles. The predicted octanol–water partition coefficient (Wildman–Crippen LogP) is 0.611. The summed E-state index contributed by atoms with van der Waals surface area (Å²) in [4.78, 5) is 39.1. The van der Waals surface area contributed by atoms with Gasteiger partial charge in [0, 0.05) is 16.5 Å². The number of carboxylic acid groups (broad SMARTS) is 1. The van der Waals surface area contributed by atoms with Crippen molar-refractivity contribution in [3.63, 3.8) is 0 Å². The maximum Gasteiger partial charge on any atom is 0.363 e. The third-order valence-corrected chi connectivity index (χ3v) is 4.38. The molecule has 2 aromatic rings. The average Bonchev–Trinajstić information content (AvgIpc) is 3.14. The SMILES string of the molecule is C/C(=C\c1nc(C(=O)Oc2ccc(C(=N)N)cc2)cs1)C(=O)N[C@@H](CO)C(=O)O. The summed E-state index contributed by atoms with van der Waals surface area (Å²) in [6.07, 6.45) is 1.38. The van der Waals surface area contributed by atoms with Crippen molar-refractivity contribution >= 4 is 41.1 Å². The Hall–Kier alpha value is -3.57. The lowest BCUT2D eigenvalue weighted by molar-refractivity contribution is -0.142. The van der Waals surface area contributed by atoms with Crippen molar-refractivity contribution in [1.82, 2.24) is 10.3 Å². The molecular formula is C18H18N4O6S. The second-order valence-electron chi connectivity index (χ2n) is 5.77. The molecule has 1 atom stereocenters. The molecule has 1 heterocycles. The molecule has 0 spiro atoms. The van der Waals surface area contributed by atoms with Crippen molar-refractivity contribution in [1.29, 1.82) is 5.41 Å². The monoisotopic (exact) mass is 418 g/mol. The molecule has 2 rings (SSSR count). The summed E-state index contributed by atoms with van der Waals surface area (Å²) in [7, 11) is 0. The molecule has 10 nitrogen and oxygen atoms in total. The molecule has 0 aliphatic heterocycles. The van der Waals surface area contributed by atoms with E-state index in [0.717, 1.165) is 11.3 Å². The number of nitrogen functional groups attached to an aromatic ring is 1. The molecule has 1 amide bonds. The Morgan fingerprint density at radius 3 is 2.55 bits per heavy atom. The fourth-order valence-electron chi connectivity index (χ4n) is 2.02. The van der Waals surface area contributed by atoms with E-state index < -0.39 is 30.5 Å². The van der Waals surface area contributed by atoms with Gasteiger partial charge < -0.3 is 26.0 Å². The molecule has 1 aromatic carbocycles. The van der Waals surface area contributed by atoms with E-state index in [4.69, 9.17) is 26.1 Å². The first-order valence-electron chi connectivity index (χ1n) is 8.16. The number of thiazole rings is 1. The van der Waals surface area contributed by atoms with Crippen molar-refractivity contribution in [2.45, 2.75) is 13.0 Å². The first-order chi connectivity index (χ1) is 13.7. The molecule has 0 unspecified atom stereocenters. The van der Waals surface area contributed by atoms with Crippen LogP contribution in [0.15, 0.2) is 35.2 Å². The minimum atomic E-state index is -1.41. The van der Waals surface area contributed by atoms with E-state index in [9.17, 15) is 14.4 Å². The number of aliphatic hydroxyl groups excluding tert-OH is 1. The van der Waals surface area contributed by atoms with Crippen LogP contribution >= 0.6 is 11.3 Å². The highest BCUT2D eigenvalue weighted by Gasteiger charge is 2.20. The van der Waals surface area contributed by atoms with Crippen molar-refractivity contribution in [2.24, 2.45) is 5.73 Å². The largest absolute Gasteiger partial charge is 0.480 e. The summed E-state index contributed by atoms with van der Waals surface area (Å²) in [5, 5.41) is 29.1. The number of ether oxygens (including phenoxy) is 1. The van der Waals surface area contributed by atoms with Crippen LogP contribution < -0.4 is 15.8 Å². The number of benzene rings is 1. The number of nitrogens with zero attached hydrogens (tertiary/aromatic N) is 1. The highest BCUT2D eigenvalue weighted by atomic mass is 32.1. The number of amidine groups is 1. The van der Waals surface area contributed by atoms with Gasteiger partial charge in [-0.2, -0.15) is 0 Å². The Labute approximate surface area is 169 Å². The fourth-order valence-corrected chi connectivity index (χ4v) is 2.80. The van der Waals surface area contributed by atoms with E-state index in [1.807, 2.05) is 0 Å². The lowest BCUT2D eigenvalue weighted by Gasteiger charge is -2.11. The van der Waals surface area contributed by atoms with Gasteiger partial charge in [-0.15, -0.1) is 11.3 Å². The van der Waals surface area contributed by atoms with Crippen LogP contribution in [0.2, 0.25) is 0 Å². The standard InChI is InChI=1S/C18H18N4O6S/c1-9(16(24)22-12(7-23)17(25)26)6-14-21-13(8-29-14)18(27)28-11-4-2-10(3-5-11)15(19)20/h2-6,8,12,23H,7H2,1H3,(H3,19,20)(H,22,24)(H,25,26)/b9-6+/t12-/m0/s1. The Kier molecular flexibility index (Phi) is 7.17. The molecule has 152 valence electrons. The van der Waals surface area contributed by atoms with Crippen molar-refractivity contribution in [3.8, 4) is 5.75 Å². The number of amides is 1. The van der Waals surface area contributed by atoms with Crippen LogP contribution in [-0.2, 0) is 9.59 Å². The first kappa shape index (κ1) is 21.7. The number of carbonyl (C=O) groups excluding carboxylic acids is 2. The molecule has 0 saturated heterocycles. The van der Waals surface area contributed by atoms with Gasteiger partial charge in [0.25, 0.3) is 0 Å². The summed E-state index contributed by atoms with van der Waals surface area (Å²) < 4.78 is 5.20. The molecule has 0 bridgehead atoms. The third kappa shape index (κ3) is 5.96. The summed E-state index contributed by atoms with van der Waals surface area (Å²) in [5.74, 6) is -2.60. The van der Waals surface area contributed by atoms with Crippen molar-refractivity contribution in [2.75, 3.05) is 6.61 Å². The van der Waals surface area contributed by atoms with E-state index in [2.05, 4.69) is 10.3 Å². The van der Waals surface area contributed by atoms with Gasteiger partial charge in [0.2, 0.25) is 5.91 Å². The maximum atomic E-state index is 12.2. The number of nitrogens with one attached hydrogen (secondary N) is 2. The number of aliphatic carboxylic acids is 1. The second-order valence-corrected chi connectivity index (χ2v) is 6.66. The average molecular weight is 418 g/mol. The van der Waals surface area contributed by atoms with Gasteiger partial charge in [-0.05, 0) is 37.3 Å². The summed E-state index contributed by atoms with van der Waals surface area (Å²) >= 11 is 1.09. The number of nitrogens with two attached hydrogens (primary N) is 1. The summed E-state index contributed by atoms with van der Waals surface area (Å²) in [5.41, 5.74) is 6.04. The number of hydrogen-bond donors (Lipinski definition) is 5. The predicted molar refractivity (Wildman–Crippen MR) is 105 cm³/mol. The van der Waals surface area contributed by atoms with Gasteiger partial charge in [-0.3, -0.25) is 10.2 Å². The third-order valence-electron chi connectivity index (χ3n) is 3.59. The molecular weight excluding hydrogens is 400 g/mol. The lowest BCUT2D eigenvalue weighted by Crippen LogP contribution is -2.43. The zero-order valence-corrected chi connectivity index (χ0v) is 16.0. The van der Waals surface area contributed by atoms with Crippen LogP contribution in [0, 0.1) is 5.41 Å². The molecule has 0 fully saturated rings. The quantitative estimate of drug-likeness (QED) is 0.136. The van der Waals surface area contributed by atoms with E-state index in [0.29, 0.717) is 10.6 Å². The Morgan fingerprint density at radius 1 is 1.34 bits per heavy atom. The summed E-state index contributed by atoms with van der Waals surface area (Å²) in [6, 6.07) is 4.66. The number of esters is 1. The number of hydrogen-bond acceptors (Lipinski definition) is 8. The van der Waals surface area contributed by atoms with Crippen LogP contribution in [-0.4, -0.2) is 51.5 Å². The molecule has 0 saturated carbocycles. The molecule has 0 aliphatic rings. The minimum Gasteiger partial charge on any atom is -0.480 e. The molecule has 6 N–H and O–H groups in total. The number of rotatable bonds is 8. The van der Waals surface area contributed by atoms with Gasteiger partial charge in [0.1, 0.15) is 16.6 Å². The van der Waals surface area contributed by atoms with E-state index >= 15 is 0 Å². The zero-order chi connectivity index (χ0) is 21.6. The van der Waals surface area contributed by atoms with Crippen molar-refractivity contribution < 1.29 is 29.3 Å². The van der Waals surface area contributed by atoms with Crippen LogP contribution in [0.3, 0.4) is 0 Å². The fraction of sp³-hybridized carbons (Fsp3) is 0.167. The number of carboxylic acids is 1. The normalized spacial score (nSPS) is 12.1. The smallest absolute Gasteiger partial charge is 0.363 e. The Morgan fingerprint density at radius 2 is 2.00 bits per heavy atom. The zero-order valence-electron chi connectivity index (χ0n) is 15.2. The van der Waals surface area contributed by atoms with Crippen LogP contribution in [0.25, 0.3) is 6.08 Å². The van der Waals surface area contributed by atoms with Gasteiger partial charge in [0.15, 0.2) is 11.7 Å². The Bertz CT molecular complexity index is 967. The summed E-state index contributed by atoms with van der Waals surface area (Å²) in [6.45, 7) is 0.705. The number of aliphatic hydroxyl groups is 1. The molecule has 0 radical (unpaired) electrons. The van der Waals surface area contributed by atoms with Gasteiger partial charge in [-0.25, -0.2) is 14.6 Å². The van der Waals surface area contributed by atoms with Gasteiger partial charge >= 0.3 is 11.9 Å². The maximum absolute atomic E-state index is 12.2. The molecule has 29 heavy (non-hydrogen) atoms. The van der Waals surface area contributed by atoms with Crippen LogP contribution in [0.5, 0.6) is 5.75 Å². The topological polar surface area (TPSA) is 176 Å². The minimum absolute atomic E-state index is 0.0314.